The molecule has 0 bridgehead atoms. The Morgan fingerprint density at radius 2 is 2.00 bits per heavy atom. The molecule has 0 radical (unpaired) electrons. The zero-order valence-corrected chi connectivity index (χ0v) is 9.83. The van der Waals surface area contributed by atoms with Crippen LogP contribution in [0, 0.1) is 5.41 Å². The molecule has 2 rings (SSSR count). The van der Waals surface area contributed by atoms with Gasteiger partial charge < -0.3 is 9.64 Å². The van der Waals surface area contributed by atoms with E-state index in [1.54, 1.807) is 0 Å². The van der Waals surface area contributed by atoms with Gasteiger partial charge in [-0.05, 0) is 18.3 Å². The summed E-state index contributed by atoms with van der Waals surface area (Å²) in [7, 11) is 0. The number of nitrogens with zero attached hydrogens (tertiary/aromatic N) is 1. The Morgan fingerprint density at radius 3 is 2.62 bits per heavy atom. The number of hydrogen-bond donors (Lipinski definition) is 0. The van der Waals surface area contributed by atoms with E-state index < -0.39 is 0 Å². The number of hydrogen-bond acceptors (Lipinski definition) is 3. The summed E-state index contributed by atoms with van der Waals surface area (Å²) in [6, 6.07) is 0. The molecule has 4 heteroatoms. The van der Waals surface area contributed by atoms with Crippen molar-refractivity contribution in [3.63, 3.8) is 0 Å². The third-order valence-corrected chi connectivity index (χ3v) is 3.63. The highest BCUT2D eigenvalue weighted by molar-refractivity contribution is 6.00. The van der Waals surface area contributed by atoms with Gasteiger partial charge in [-0.3, -0.25) is 9.59 Å². The Hall–Kier alpha value is -0.900. The predicted octanol–water partition coefficient (Wildman–Crippen LogP) is 0.995. The van der Waals surface area contributed by atoms with E-state index in [1.807, 2.05) is 4.90 Å². The lowest BCUT2D eigenvalue weighted by Crippen LogP contribution is -2.46. The number of piperidine rings is 1. The normalized spacial score (nSPS) is 25.9. The smallest absolute Gasteiger partial charge is 0.230 e. The van der Waals surface area contributed by atoms with Crippen LogP contribution in [0.3, 0.4) is 0 Å². The van der Waals surface area contributed by atoms with E-state index in [2.05, 4.69) is 6.92 Å². The van der Waals surface area contributed by atoms with Crippen LogP contribution in [-0.2, 0) is 14.3 Å². The van der Waals surface area contributed by atoms with Crippen LogP contribution in [0.2, 0.25) is 0 Å². The first kappa shape index (κ1) is 11.6. The second kappa shape index (κ2) is 4.53. The average Bonchev–Trinajstić information content (AvgIpc) is 2.23. The van der Waals surface area contributed by atoms with Gasteiger partial charge in [0, 0.05) is 32.7 Å². The van der Waals surface area contributed by atoms with Crippen molar-refractivity contribution in [2.45, 2.75) is 32.6 Å². The Morgan fingerprint density at radius 1 is 1.31 bits per heavy atom. The highest BCUT2D eigenvalue weighted by atomic mass is 16.5. The van der Waals surface area contributed by atoms with Crippen LogP contribution >= 0.6 is 0 Å². The van der Waals surface area contributed by atoms with Crippen LogP contribution in [0.1, 0.15) is 32.6 Å². The zero-order chi connectivity index (χ0) is 11.6. The van der Waals surface area contributed by atoms with Crippen LogP contribution < -0.4 is 0 Å². The zero-order valence-electron chi connectivity index (χ0n) is 9.83. The number of Topliss-reactive ketones (excluding diaryl/α,β-unsaturated/α-hetero) is 1. The summed E-state index contributed by atoms with van der Waals surface area (Å²) in [6.45, 7) is 5.17. The van der Waals surface area contributed by atoms with E-state index >= 15 is 0 Å². The summed E-state index contributed by atoms with van der Waals surface area (Å²) in [5, 5.41) is 0. The van der Waals surface area contributed by atoms with Crippen LogP contribution in [0.15, 0.2) is 0 Å². The first-order valence-corrected chi connectivity index (χ1v) is 5.96. The molecule has 0 saturated carbocycles. The van der Waals surface area contributed by atoms with E-state index in [4.69, 9.17) is 4.74 Å². The number of amides is 1. The maximum absolute atomic E-state index is 11.7. The lowest BCUT2D eigenvalue weighted by Gasteiger charge is -2.39. The summed E-state index contributed by atoms with van der Waals surface area (Å²) in [6.07, 6.45) is 2.64. The van der Waals surface area contributed by atoms with E-state index in [9.17, 15) is 9.59 Å². The van der Waals surface area contributed by atoms with E-state index in [-0.39, 0.29) is 23.5 Å². The minimum Gasteiger partial charge on any atom is -0.381 e. The Bertz CT molecular complexity index is 295. The summed E-state index contributed by atoms with van der Waals surface area (Å²) in [4.78, 5) is 24.7. The maximum Gasteiger partial charge on any atom is 0.230 e. The Balaban J connectivity index is 1.93. The molecule has 2 aliphatic rings. The molecule has 0 aliphatic carbocycles. The minimum atomic E-state index is 0.00367. The Kier molecular flexibility index (Phi) is 3.28. The van der Waals surface area contributed by atoms with E-state index in [0.717, 1.165) is 32.6 Å². The molecule has 0 spiro atoms. The number of rotatable bonds is 2. The molecule has 0 unspecified atom stereocenters. The van der Waals surface area contributed by atoms with Gasteiger partial charge in [0.2, 0.25) is 5.91 Å². The van der Waals surface area contributed by atoms with Crippen LogP contribution in [0.4, 0.5) is 0 Å². The standard InChI is InChI=1S/C12H19NO3/c1-12(3-6-16-7-4-12)9-13-5-2-10(14)8-11(13)15/h2-9H2,1H3. The second-order valence-electron chi connectivity index (χ2n) is 5.20. The molecule has 4 nitrogen and oxygen atoms in total. The molecule has 2 saturated heterocycles. The fourth-order valence-electron chi connectivity index (χ4n) is 2.40. The summed E-state index contributed by atoms with van der Waals surface area (Å²) in [5.41, 5.74) is 0.175. The van der Waals surface area contributed by atoms with Gasteiger partial charge >= 0.3 is 0 Å². The van der Waals surface area contributed by atoms with Crippen molar-refractivity contribution in [2.75, 3.05) is 26.3 Å². The molecule has 0 aromatic rings. The lowest BCUT2D eigenvalue weighted by molar-refractivity contribution is -0.141. The topological polar surface area (TPSA) is 46.6 Å². The largest absolute Gasteiger partial charge is 0.381 e. The van der Waals surface area contributed by atoms with Gasteiger partial charge in [-0.2, -0.15) is 0 Å². The van der Waals surface area contributed by atoms with Gasteiger partial charge in [0.05, 0.1) is 6.42 Å². The Labute approximate surface area is 95.9 Å². The van der Waals surface area contributed by atoms with Crippen molar-refractivity contribution >= 4 is 11.7 Å². The number of ketones is 1. The first-order chi connectivity index (χ1) is 7.59. The molecular weight excluding hydrogens is 206 g/mol. The molecule has 1 amide bonds. The molecule has 90 valence electrons. The SMILES string of the molecule is CC1(CN2CCC(=O)CC2=O)CCOCC1. The van der Waals surface area contributed by atoms with Gasteiger partial charge in [0.1, 0.15) is 5.78 Å². The van der Waals surface area contributed by atoms with Gasteiger partial charge in [0.25, 0.3) is 0 Å². The summed E-state index contributed by atoms with van der Waals surface area (Å²) in [5.74, 6) is 0.0855. The molecule has 16 heavy (non-hydrogen) atoms. The van der Waals surface area contributed by atoms with Gasteiger partial charge in [-0.15, -0.1) is 0 Å². The molecule has 0 atom stereocenters. The minimum absolute atomic E-state index is 0.00367. The molecule has 2 heterocycles. The van der Waals surface area contributed by atoms with E-state index in [1.165, 1.54) is 0 Å². The predicted molar refractivity (Wildman–Crippen MR) is 59.0 cm³/mol. The fourth-order valence-corrected chi connectivity index (χ4v) is 2.40. The molecular formula is C12H19NO3. The van der Waals surface area contributed by atoms with Crippen LogP contribution in [-0.4, -0.2) is 42.9 Å². The van der Waals surface area contributed by atoms with Crippen molar-refractivity contribution in [1.82, 2.24) is 4.90 Å². The van der Waals surface area contributed by atoms with Gasteiger partial charge in [-0.25, -0.2) is 0 Å². The van der Waals surface area contributed by atoms with Gasteiger partial charge in [0.15, 0.2) is 0 Å². The summed E-state index contributed by atoms with van der Waals surface area (Å²) < 4.78 is 5.34. The third kappa shape index (κ3) is 2.61. The number of carbonyl (C=O) groups excluding carboxylic acids is 2. The number of ether oxygens (including phenoxy) is 1. The van der Waals surface area contributed by atoms with Crippen molar-refractivity contribution < 1.29 is 14.3 Å². The van der Waals surface area contributed by atoms with Crippen molar-refractivity contribution in [1.29, 1.82) is 0 Å². The second-order valence-corrected chi connectivity index (χ2v) is 5.20. The highest BCUT2D eigenvalue weighted by Gasteiger charge is 2.33. The van der Waals surface area contributed by atoms with E-state index in [0.29, 0.717) is 13.0 Å². The molecule has 0 aromatic carbocycles. The molecule has 2 fully saturated rings. The summed E-state index contributed by atoms with van der Waals surface area (Å²) >= 11 is 0. The quantitative estimate of drug-likeness (QED) is 0.658. The molecule has 2 aliphatic heterocycles. The monoisotopic (exact) mass is 225 g/mol. The first-order valence-electron chi connectivity index (χ1n) is 5.96. The maximum atomic E-state index is 11.7. The fraction of sp³-hybridized carbons (Fsp3) is 0.833. The third-order valence-electron chi connectivity index (χ3n) is 3.63. The van der Waals surface area contributed by atoms with Crippen LogP contribution in [0.25, 0.3) is 0 Å². The molecule has 0 N–H and O–H groups in total. The van der Waals surface area contributed by atoms with Crippen molar-refractivity contribution in [3.8, 4) is 0 Å². The number of likely N-dealkylation sites (tertiary alicyclic amines) is 1. The lowest BCUT2D eigenvalue weighted by atomic mass is 9.81. The highest BCUT2D eigenvalue weighted by Crippen LogP contribution is 2.31. The van der Waals surface area contributed by atoms with Gasteiger partial charge in [-0.1, -0.05) is 6.92 Å². The molecule has 0 aromatic heterocycles. The van der Waals surface area contributed by atoms with Crippen LogP contribution in [0.5, 0.6) is 0 Å². The average molecular weight is 225 g/mol. The van der Waals surface area contributed by atoms with Crippen molar-refractivity contribution in [2.24, 2.45) is 5.41 Å². The number of carbonyl (C=O) groups is 2. The van der Waals surface area contributed by atoms with Crippen molar-refractivity contribution in [3.05, 3.63) is 0 Å².